The van der Waals surface area contributed by atoms with Gasteiger partial charge in [-0.2, -0.15) is 0 Å². The molecule has 8 nitrogen and oxygen atoms in total. The molecule has 2 aromatic rings. The van der Waals surface area contributed by atoms with Crippen LogP contribution >= 0.6 is 0 Å². The van der Waals surface area contributed by atoms with Crippen molar-refractivity contribution in [1.29, 1.82) is 0 Å². The van der Waals surface area contributed by atoms with Gasteiger partial charge in [0, 0.05) is 49.7 Å². The van der Waals surface area contributed by atoms with E-state index in [0.29, 0.717) is 43.1 Å². The lowest BCUT2D eigenvalue weighted by Gasteiger charge is -2.27. The van der Waals surface area contributed by atoms with Gasteiger partial charge in [-0.05, 0) is 45.4 Å². The summed E-state index contributed by atoms with van der Waals surface area (Å²) in [6.45, 7) is 11.9. The van der Waals surface area contributed by atoms with Gasteiger partial charge >= 0.3 is 5.97 Å². The third-order valence-corrected chi connectivity index (χ3v) is 5.41. The number of rotatable bonds is 10. The predicted molar refractivity (Wildman–Crippen MR) is 115 cm³/mol. The van der Waals surface area contributed by atoms with Crippen molar-refractivity contribution in [3.63, 3.8) is 0 Å². The van der Waals surface area contributed by atoms with Crippen LogP contribution in [0.3, 0.4) is 0 Å². The van der Waals surface area contributed by atoms with E-state index in [1.54, 1.807) is 31.1 Å². The summed E-state index contributed by atoms with van der Waals surface area (Å²) in [5, 5.41) is 30.1. The molecule has 0 amide bonds. The number of aryl methyl sites for hydroxylation is 4. The lowest BCUT2D eigenvalue weighted by atomic mass is 10.1. The highest BCUT2D eigenvalue weighted by Gasteiger charge is 2.18. The minimum atomic E-state index is -0.917. The van der Waals surface area contributed by atoms with Crippen LogP contribution in [0.2, 0.25) is 0 Å². The highest BCUT2D eigenvalue weighted by molar-refractivity contribution is 5.69. The quantitative estimate of drug-likeness (QED) is 0.542. The highest BCUT2D eigenvalue weighted by Crippen LogP contribution is 2.26. The van der Waals surface area contributed by atoms with Gasteiger partial charge in [0.25, 0.3) is 0 Å². The fourth-order valence-corrected chi connectivity index (χ4v) is 3.36. The van der Waals surface area contributed by atoms with Crippen molar-refractivity contribution >= 4 is 5.97 Å². The summed E-state index contributed by atoms with van der Waals surface area (Å²) in [7, 11) is 0. The van der Waals surface area contributed by atoms with Crippen molar-refractivity contribution in [2.24, 2.45) is 0 Å². The van der Waals surface area contributed by atoms with Gasteiger partial charge in [0.1, 0.15) is 11.5 Å². The van der Waals surface area contributed by atoms with Crippen molar-refractivity contribution in [2.45, 2.75) is 47.7 Å². The van der Waals surface area contributed by atoms with Gasteiger partial charge in [-0.1, -0.05) is 6.92 Å². The van der Waals surface area contributed by atoms with Crippen LogP contribution in [0, 0.1) is 27.7 Å². The zero-order valence-electron chi connectivity index (χ0n) is 18.4. The molecule has 0 atom stereocenters. The van der Waals surface area contributed by atoms with Gasteiger partial charge in [0.05, 0.1) is 17.9 Å². The van der Waals surface area contributed by atoms with Gasteiger partial charge in [-0.25, -0.2) is 0 Å². The first-order chi connectivity index (χ1) is 14.1. The van der Waals surface area contributed by atoms with E-state index in [9.17, 15) is 20.1 Å². The number of aromatic nitrogens is 2. The Morgan fingerprint density at radius 3 is 1.73 bits per heavy atom. The molecule has 0 spiro atoms. The Bertz CT molecular complexity index is 901. The van der Waals surface area contributed by atoms with Gasteiger partial charge in [0.15, 0.2) is 0 Å². The molecular weight excluding hydrogens is 384 g/mol. The topological polar surface area (TPSA) is 110 Å². The maximum absolute atomic E-state index is 11.4. The number of nitrogens with zero attached hydrogens (tertiary/aromatic N) is 4. The fraction of sp³-hybridized carbons (Fsp3) is 0.500. The normalized spacial score (nSPS) is 11.4. The highest BCUT2D eigenvalue weighted by atomic mass is 16.4. The molecule has 0 unspecified atom stereocenters. The van der Waals surface area contributed by atoms with E-state index in [0.717, 1.165) is 23.2 Å². The van der Waals surface area contributed by atoms with E-state index >= 15 is 0 Å². The Hall–Kier alpha value is -2.71. The number of hydrogen-bond donors (Lipinski definition) is 3. The monoisotopic (exact) mass is 416 g/mol. The lowest BCUT2D eigenvalue weighted by Crippen LogP contribution is -2.37. The summed E-state index contributed by atoms with van der Waals surface area (Å²) < 4.78 is 0. The van der Waals surface area contributed by atoms with Crippen LogP contribution in [0.25, 0.3) is 0 Å². The molecule has 164 valence electrons. The second-order valence-corrected chi connectivity index (χ2v) is 7.68. The van der Waals surface area contributed by atoms with Gasteiger partial charge in [0.2, 0.25) is 0 Å². The molecule has 2 rings (SSSR count). The third kappa shape index (κ3) is 5.90. The second-order valence-electron chi connectivity index (χ2n) is 7.68. The van der Waals surface area contributed by atoms with Crippen LogP contribution in [0.1, 0.15) is 40.6 Å². The number of hydrogen-bond acceptors (Lipinski definition) is 7. The maximum Gasteiger partial charge on any atom is 0.317 e. The minimum absolute atomic E-state index is 0.116. The molecule has 0 saturated carbocycles. The van der Waals surface area contributed by atoms with E-state index in [-0.39, 0.29) is 18.0 Å². The molecule has 0 aliphatic carbocycles. The Balaban J connectivity index is 2.14. The summed E-state index contributed by atoms with van der Waals surface area (Å²) in [4.78, 5) is 23.7. The van der Waals surface area contributed by atoms with Crippen LogP contribution in [-0.4, -0.2) is 67.2 Å². The molecule has 3 N–H and O–H groups in total. The van der Waals surface area contributed by atoms with Crippen molar-refractivity contribution in [1.82, 2.24) is 19.8 Å². The number of pyridine rings is 2. The smallest absolute Gasteiger partial charge is 0.317 e. The lowest BCUT2D eigenvalue weighted by molar-refractivity contribution is -0.138. The van der Waals surface area contributed by atoms with Gasteiger partial charge in [-0.3, -0.25) is 24.6 Å². The van der Waals surface area contributed by atoms with Crippen LogP contribution in [0.5, 0.6) is 11.5 Å². The van der Waals surface area contributed by atoms with E-state index in [1.807, 2.05) is 20.8 Å². The predicted octanol–water partition coefficient (Wildman–Crippen LogP) is 2.53. The second kappa shape index (κ2) is 10.4. The SMILES string of the molecule is CCN(CCN(CC(=O)O)Cc1c(C)cnc(C)c1O)Cc1c(C)cnc(C)c1O. The molecule has 0 aliphatic heterocycles. The first-order valence-corrected chi connectivity index (χ1v) is 10.1. The number of carboxylic acid groups (broad SMARTS) is 1. The average molecular weight is 417 g/mol. The Labute approximate surface area is 177 Å². The molecule has 30 heavy (non-hydrogen) atoms. The molecular formula is C22H32N4O4. The molecule has 0 bridgehead atoms. The van der Waals surface area contributed by atoms with Crippen molar-refractivity contribution < 1.29 is 20.1 Å². The molecule has 2 heterocycles. The number of aliphatic carboxylic acids is 1. The van der Waals surface area contributed by atoms with Crippen molar-refractivity contribution in [3.05, 3.63) is 46.0 Å². The first kappa shape index (κ1) is 23.6. The average Bonchev–Trinajstić information content (AvgIpc) is 2.70. The molecule has 0 aromatic carbocycles. The van der Waals surface area contributed by atoms with Gasteiger partial charge < -0.3 is 15.3 Å². The third-order valence-electron chi connectivity index (χ3n) is 5.41. The molecule has 2 aromatic heterocycles. The van der Waals surface area contributed by atoms with Crippen molar-refractivity contribution in [3.8, 4) is 11.5 Å². The van der Waals surface area contributed by atoms with Crippen LogP contribution in [0.15, 0.2) is 12.4 Å². The molecule has 0 fully saturated rings. The van der Waals surface area contributed by atoms with Crippen LogP contribution < -0.4 is 0 Å². The van der Waals surface area contributed by atoms with Gasteiger partial charge in [-0.15, -0.1) is 0 Å². The number of aromatic hydroxyl groups is 2. The number of carbonyl (C=O) groups is 1. The summed E-state index contributed by atoms with van der Waals surface area (Å²) in [5.41, 5.74) is 4.41. The summed E-state index contributed by atoms with van der Waals surface area (Å²) >= 11 is 0. The first-order valence-electron chi connectivity index (χ1n) is 10.1. The van der Waals surface area contributed by atoms with E-state index in [4.69, 9.17) is 0 Å². The number of likely N-dealkylation sites (N-methyl/N-ethyl adjacent to an activating group) is 1. The zero-order chi connectivity index (χ0) is 22.4. The summed E-state index contributed by atoms with van der Waals surface area (Å²) in [5.74, 6) is -0.589. The van der Waals surface area contributed by atoms with E-state index < -0.39 is 5.97 Å². The summed E-state index contributed by atoms with van der Waals surface area (Å²) in [6.07, 6.45) is 3.45. The molecule has 8 heteroatoms. The van der Waals surface area contributed by atoms with Crippen molar-refractivity contribution in [2.75, 3.05) is 26.2 Å². The largest absolute Gasteiger partial charge is 0.506 e. The molecule has 0 radical (unpaired) electrons. The zero-order valence-corrected chi connectivity index (χ0v) is 18.4. The molecule has 0 aliphatic rings. The standard InChI is InChI=1S/C22H32N4O4/c1-6-25(11-18-14(2)9-23-16(4)21(18)29)7-8-26(13-20(27)28)12-19-15(3)10-24-17(5)22(19)30/h9-10,29-30H,6-8,11-13H2,1-5H3,(H,27,28). The van der Waals surface area contributed by atoms with E-state index in [2.05, 4.69) is 14.9 Å². The Morgan fingerprint density at radius 2 is 1.30 bits per heavy atom. The Morgan fingerprint density at radius 1 is 0.867 bits per heavy atom. The Kier molecular flexibility index (Phi) is 8.14. The number of carboxylic acids is 1. The van der Waals surface area contributed by atoms with Crippen LogP contribution in [0.4, 0.5) is 0 Å². The molecule has 0 saturated heterocycles. The maximum atomic E-state index is 11.4. The van der Waals surface area contributed by atoms with Crippen LogP contribution in [-0.2, 0) is 17.9 Å². The minimum Gasteiger partial charge on any atom is -0.506 e. The summed E-state index contributed by atoms with van der Waals surface area (Å²) in [6, 6.07) is 0. The van der Waals surface area contributed by atoms with E-state index in [1.165, 1.54) is 0 Å². The fourth-order valence-electron chi connectivity index (χ4n) is 3.36.